The van der Waals surface area contributed by atoms with Gasteiger partial charge < -0.3 is 15.7 Å². The molecule has 1 aliphatic rings. The molecule has 0 saturated heterocycles. The van der Waals surface area contributed by atoms with E-state index in [1.165, 1.54) is 6.33 Å². The summed E-state index contributed by atoms with van der Waals surface area (Å²) in [6.07, 6.45) is 6.90. The summed E-state index contributed by atoms with van der Waals surface area (Å²) in [5.41, 5.74) is 1.75. The van der Waals surface area contributed by atoms with E-state index in [0.29, 0.717) is 12.5 Å². The lowest BCUT2D eigenvalue weighted by Crippen LogP contribution is -2.40. The van der Waals surface area contributed by atoms with E-state index in [2.05, 4.69) is 20.7 Å². The van der Waals surface area contributed by atoms with Crippen LogP contribution in [0.3, 0.4) is 0 Å². The van der Waals surface area contributed by atoms with Gasteiger partial charge in [-0.3, -0.25) is 0 Å². The maximum absolute atomic E-state index is 12.3. The molecule has 1 aromatic heterocycles. The summed E-state index contributed by atoms with van der Waals surface area (Å²) < 4.78 is 1.72. The summed E-state index contributed by atoms with van der Waals surface area (Å²) in [6, 6.07) is 7.67. The van der Waals surface area contributed by atoms with Crippen molar-refractivity contribution < 1.29 is 9.90 Å². The van der Waals surface area contributed by atoms with Crippen LogP contribution in [0.2, 0.25) is 0 Å². The van der Waals surface area contributed by atoms with Crippen molar-refractivity contribution in [3.8, 4) is 0 Å². The summed E-state index contributed by atoms with van der Waals surface area (Å²) in [6.45, 7) is 0.798. The fourth-order valence-corrected chi connectivity index (χ4v) is 3.10. The number of nitrogens with one attached hydrogen (secondary N) is 2. The molecule has 24 heavy (non-hydrogen) atoms. The van der Waals surface area contributed by atoms with E-state index < -0.39 is 0 Å². The van der Waals surface area contributed by atoms with Gasteiger partial charge in [-0.25, -0.2) is 14.5 Å². The molecule has 0 spiro atoms. The van der Waals surface area contributed by atoms with E-state index in [1.807, 2.05) is 24.3 Å². The summed E-state index contributed by atoms with van der Waals surface area (Å²) in [5, 5.41) is 19.2. The number of urea groups is 1. The normalized spacial score (nSPS) is 20.5. The third-order valence-electron chi connectivity index (χ3n) is 4.50. The number of nitrogens with zero attached hydrogens (tertiary/aromatic N) is 3. The second kappa shape index (κ2) is 7.92. The highest BCUT2D eigenvalue weighted by Gasteiger charge is 2.22. The van der Waals surface area contributed by atoms with Crippen molar-refractivity contribution in [1.82, 2.24) is 20.1 Å². The minimum Gasteiger partial charge on any atom is -0.396 e. The van der Waals surface area contributed by atoms with Crippen molar-refractivity contribution >= 4 is 11.7 Å². The van der Waals surface area contributed by atoms with Crippen LogP contribution in [-0.4, -0.2) is 38.6 Å². The Morgan fingerprint density at radius 3 is 2.75 bits per heavy atom. The van der Waals surface area contributed by atoms with Gasteiger partial charge in [-0.1, -0.05) is 18.2 Å². The number of aliphatic hydroxyl groups excluding tert-OH is 1. The summed E-state index contributed by atoms with van der Waals surface area (Å²) >= 11 is 0. The molecular weight excluding hydrogens is 306 g/mol. The van der Waals surface area contributed by atoms with Crippen molar-refractivity contribution in [3.05, 3.63) is 42.5 Å². The fraction of sp³-hybridized carbons (Fsp3) is 0.471. The maximum Gasteiger partial charge on any atom is 0.319 e. The molecule has 0 aliphatic heterocycles. The Morgan fingerprint density at radius 1 is 1.25 bits per heavy atom. The van der Waals surface area contributed by atoms with Gasteiger partial charge in [0.2, 0.25) is 0 Å². The molecule has 1 aliphatic carbocycles. The summed E-state index contributed by atoms with van der Waals surface area (Å²) in [4.78, 5) is 16.2. The Hall–Kier alpha value is -2.41. The van der Waals surface area contributed by atoms with Crippen LogP contribution in [0.1, 0.15) is 31.2 Å². The van der Waals surface area contributed by atoms with Crippen molar-refractivity contribution in [2.75, 3.05) is 11.9 Å². The van der Waals surface area contributed by atoms with E-state index in [9.17, 15) is 9.90 Å². The number of anilines is 1. The van der Waals surface area contributed by atoms with Gasteiger partial charge in [0.1, 0.15) is 12.7 Å². The number of rotatable bonds is 5. The number of carbonyl (C=O) groups is 1. The lowest BCUT2D eigenvalue weighted by atomic mass is 9.87. The molecule has 0 bridgehead atoms. The van der Waals surface area contributed by atoms with Gasteiger partial charge in [0.15, 0.2) is 0 Å². The number of aliphatic hydroxyl groups is 1. The van der Waals surface area contributed by atoms with Gasteiger partial charge in [-0.2, -0.15) is 5.10 Å². The van der Waals surface area contributed by atoms with E-state index in [1.54, 1.807) is 11.0 Å². The van der Waals surface area contributed by atoms with Crippen molar-refractivity contribution in [3.63, 3.8) is 0 Å². The molecule has 0 radical (unpaired) electrons. The van der Waals surface area contributed by atoms with E-state index in [4.69, 9.17) is 0 Å². The van der Waals surface area contributed by atoms with Crippen molar-refractivity contribution in [2.45, 2.75) is 38.3 Å². The van der Waals surface area contributed by atoms with Gasteiger partial charge in [-0.15, -0.1) is 0 Å². The highest BCUT2D eigenvalue weighted by atomic mass is 16.3. The molecular formula is C17H23N5O2. The second-order valence-corrected chi connectivity index (χ2v) is 6.25. The van der Waals surface area contributed by atoms with Crippen molar-refractivity contribution in [1.29, 1.82) is 0 Å². The molecule has 3 rings (SSSR count). The molecule has 2 aromatic rings. The first kappa shape index (κ1) is 16.4. The predicted molar refractivity (Wildman–Crippen MR) is 90.6 cm³/mol. The quantitative estimate of drug-likeness (QED) is 0.782. The highest BCUT2D eigenvalue weighted by molar-refractivity contribution is 5.90. The Balaban J connectivity index is 1.56. The zero-order valence-corrected chi connectivity index (χ0v) is 13.6. The van der Waals surface area contributed by atoms with Crippen molar-refractivity contribution in [2.24, 2.45) is 5.92 Å². The minimum atomic E-state index is -0.187. The Labute approximate surface area is 141 Å². The number of carbonyl (C=O) groups excluding carboxylic acids is 1. The maximum atomic E-state index is 12.3. The zero-order chi connectivity index (χ0) is 16.8. The molecule has 0 unspecified atom stereocenters. The van der Waals surface area contributed by atoms with E-state index in [-0.39, 0.29) is 18.7 Å². The van der Waals surface area contributed by atoms with Crippen LogP contribution in [0.5, 0.6) is 0 Å². The molecule has 3 N–H and O–H groups in total. The first-order valence-electron chi connectivity index (χ1n) is 8.33. The molecule has 7 nitrogen and oxygen atoms in total. The van der Waals surface area contributed by atoms with Gasteiger partial charge >= 0.3 is 6.03 Å². The standard InChI is InChI=1S/C17H23N5O2/c23-10-13-5-7-15(8-6-13)20-17(24)21-16-4-2-1-3-14(16)9-22-12-18-11-19-22/h1-4,11-13,15,23H,5-10H2,(H2,20,21,24). The Kier molecular flexibility index (Phi) is 5.43. The third kappa shape index (κ3) is 4.32. The first-order valence-corrected chi connectivity index (χ1v) is 8.33. The lowest BCUT2D eigenvalue weighted by Gasteiger charge is -2.28. The molecule has 2 amide bonds. The average molecular weight is 329 g/mol. The van der Waals surface area contributed by atoms with Crippen LogP contribution in [0.15, 0.2) is 36.9 Å². The molecule has 0 atom stereocenters. The molecule has 1 heterocycles. The van der Waals surface area contributed by atoms with Crippen LogP contribution in [0.4, 0.5) is 10.5 Å². The van der Waals surface area contributed by atoms with Crippen LogP contribution in [0.25, 0.3) is 0 Å². The predicted octanol–water partition coefficient (Wildman–Crippen LogP) is 2.00. The lowest BCUT2D eigenvalue weighted by molar-refractivity contribution is 0.176. The fourth-order valence-electron chi connectivity index (χ4n) is 3.10. The van der Waals surface area contributed by atoms with Crippen LogP contribution < -0.4 is 10.6 Å². The van der Waals surface area contributed by atoms with Gasteiger partial charge in [-0.05, 0) is 43.2 Å². The van der Waals surface area contributed by atoms with Crippen LogP contribution >= 0.6 is 0 Å². The second-order valence-electron chi connectivity index (χ2n) is 6.25. The molecule has 128 valence electrons. The number of hydrogen-bond acceptors (Lipinski definition) is 4. The number of aromatic nitrogens is 3. The summed E-state index contributed by atoms with van der Waals surface area (Å²) in [5.74, 6) is 0.384. The number of amides is 2. The van der Waals surface area contributed by atoms with Gasteiger partial charge in [0.05, 0.1) is 6.54 Å². The monoisotopic (exact) mass is 329 g/mol. The molecule has 1 fully saturated rings. The smallest absolute Gasteiger partial charge is 0.319 e. The Morgan fingerprint density at radius 2 is 2.04 bits per heavy atom. The van der Waals surface area contributed by atoms with Gasteiger partial charge in [0.25, 0.3) is 0 Å². The number of benzene rings is 1. The molecule has 7 heteroatoms. The minimum absolute atomic E-state index is 0.176. The van der Waals surface area contributed by atoms with E-state index >= 15 is 0 Å². The molecule has 1 saturated carbocycles. The highest BCUT2D eigenvalue weighted by Crippen LogP contribution is 2.24. The van der Waals surface area contributed by atoms with Crippen LogP contribution in [-0.2, 0) is 6.54 Å². The Bertz CT molecular complexity index is 651. The number of para-hydroxylation sites is 1. The SMILES string of the molecule is O=C(Nc1ccccc1Cn1cncn1)NC1CCC(CO)CC1. The number of hydrogen-bond donors (Lipinski definition) is 3. The third-order valence-corrected chi connectivity index (χ3v) is 4.50. The molecule has 1 aromatic carbocycles. The van der Waals surface area contributed by atoms with Crippen LogP contribution in [0, 0.1) is 5.92 Å². The zero-order valence-electron chi connectivity index (χ0n) is 13.6. The topological polar surface area (TPSA) is 92.1 Å². The summed E-state index contributed by atoms with van der Waals surface area (Å²) in [7, 11) is 0. The average Bonchev–Trinajstić information content (AvgIpc) is 3.10. The van der Waals surface area contributed by atoms with Gasteiger partial charge in [0, 0.05) is 18.3 Å². The largest absolute Gasteiger partial charge is 0.396 e. The van der Waals surface area contributed by atoms with E-state index in [0.717, 1.165) is 36.9 Å². The first-order chi connectivity index (χ1) is 11.7.